The van der Waals surface area contributed by atoms with Crippen LogP contribution >= 0.6 is 11.3 Å². The molecule has 0 aromatic carbocycles. The van der Waals surface area contributed by atoms with Gasteiger partial charge in [-0.2, -0.15) is 0 Å². The molecule has 0 saturated heterocycles. The van der Waals surface area contributed by atoms with Gasteiger partial charge in [-0.1, -0.05) is 6.07 Å². The third-order valence-electron chi connectivity index (χ3n) is 3.69. The third-order valence-corrected chi connectivity index (χ3v) is 4.86. The fourth-order valence-electron chi connectivity index (χ4n) is 2.53. The number of hydrogen-bond donors (Lipinski definition) is 2. The number of thiophene rings is 1. The van der Waals surface area contributed by atoms with Crippen LogP contribution < -0.4 is 5.56 Å². The summed E-state index contributed by atoms with van der Waals surface area (Å²) in [6.07, 6.45) is 1.28. The number of aliphatic carboxylic acids is 1. The number of carboxylic acids is 2. The zero-order chi connectivity index (χ0) is 18.1. The molecule has 0 bridgehead atoms. The lowest BCUT2D eigenvalue weighted by Crippen LogP contribution is -2.25. The Morgan fingerprint density at radius 2 is 2.04 bits per heavy atom. The van der Waals surface area contributed by atoms with Crippen molar-refractivity contribution in [3.05, 3.63) is 45.2 Å². The highest BCUT2D eigenvalue weighted by atomic mass is 32.1. The van der Waals surface area contributed by atoms with Gasteiger partial charge in [0.15, 0.2) is 5.82 Å². The van der Waals surface area contributed by atoms with Crippen LogP contribution in [0.4, 0.5) is 0 Å². The quantitative estimate of drug-likeness (QED) is 0.714. The second-order valence-corrected chi connectivity index (χ2v) is 6.29. The number of aromatic carboxylic acids is 1. The highest BCUT2D eigenvalue weighted by Gasteiger charge is 2.22. The Bertz CT molecular complexity index is 1040. The summed E-state index contributed by atoms with van der Waals surface area (Å²) in [5.41, 5.74) is 0.282. The van der Waals surface area contributed by atoms with E-state index in [0.717, 1.165) is 11.3 Å². The molecule has 8 nitrogen and oxygen atoms in total. The molecule has 128 valence electrons. The highest BCUT2D eigenvalue weighted by molar-refractivity contribution is 7.20. The Kier molecular flexibility index (Phi) is 4.32. The molecule has 25 heavy (non-hydrogen) atoms. The molecule has 0 atom stereocenters. The lowest BCUT2D eigenvalue weighted by atomic mass is 10.2. The van der Waals surface area contributed by atoms with E-state index in [1.165, 1.54) is 10.8 Å². The second-order valence-electron chi connectivity index (χ2n) is 5.29. The van der Waals surface area contributed by atoms with Crippen LogP contribution in [0.15, 0.2) is 29.2 Å². The van der Waals surface area contributed by atoms with Crippen molar-refractivity contribution in [2.45, 2.75) is 19.9 Å². The van der Waals surface area contributed by atoms with E-state index in [-0.39, 0.29) is 29.1 Å². The molecule has 3 rings (SSSR count). The maximum Gasteiger partial charge on any atom is 0.346 e. The number of carbonyl (C=O) groups is 2. The molecule has 0 spiro atoms. The molecular formula is C16H13N3O5S. The van der Waals surface area contributed by atoms with Gasteiger partial charge in [-0.3, -0.25) is 19.1 Å². The minimum absolute atomic E-state index is 0.0440. The Balaban J connectivity index is 2.33. The molecule has 0 saturated carbocycles. The molecule has 9 heteroatoms. The lowest BCUT2D eigenvalue weighted by Gasteiger charge is -2.11. The van der Waals surface area contributed by atoms with Crippen LogP contribution in [0.5, 0.6) is 0 Å². The predicted molar refractivity (Wildman–Crippen MR) is 91.1 cm³/mol. The summed E-state index contributed by atoms with van der Waals surface area (Å²) in [4.78, 5) is 44.1. The number of hydrogen-bond acceptors (Lipinski definition) is 6. The minimum atomic E-state index is -1.13. The number of aromatic nitrogens is 3. The number of pyridine rings is 1. The van der Waals surface area contributed by atoms with Gasteiger partial charge in [0.2, 0.25) is 0 Å². The number of fused-ring (bicyclic) bond motifs is 1. The van der Waals surface area contributed by atoms with Crippen molar-refractivity contribution in [2.75, 3.05) is 0 Å². The molecule has 0 aliphatic heterocycles. The maximum atomic E-state index is 12.9. The molecule has 0 radical (unpaired) electrons. The minimum Gasteiger partial charge on any atom is -0.481 e. The fourth-order valence-corrected chi connectivity index (χ4v) is 3.54. The SMILES string of the molecule is Cc1c(C(=O)O)sc2nc(-c3ccccn3)n(CCC(=O)O)c(=O)c12. The van der Waals surface area contributed by atoms with Gasteiger partial charge >= 0.3 is 11.9 Å². The van der Waals surface area contributed by atoms with Gasteiger partial charge < -0.3 is 10.2 Å². The highest BCUT2D eigenvalue weighted by Crippen LogP contribution is 2.29. The summed E-state index contributed by atoms with van der Waals surface area (Å²) in [6, 6.07) is 5.09. The average Bonchev–Trinajstić information content (AvgIpc) is 2.91. The van der Waals surface area contributed by atoms with Crippen LogP contribution in [0.25, 0.3) is 21.7 Å². The van der Waals surface area contributed by atoms with Gasteiger partial charge in [-0.25, -0.2) is 9.78 Å². The van der Waals surface area contributed by atoms with Gasteiger partial charge in [0.05, 0.1) is 11.8 Å². The van der Waals surface area contributed by atoms with Crippen LogP contribution in [0.1, 0.15) is 21.7 Å². The van der Waals surface area contributed by atoms with E-state index in [4.69, 9.17) is 5.11 Å². The first-order valence-corrected chi connectivity index (χ1v) is 8.12. The molecule has 0 unspecified atom stereocenters. The van der Waals surface area contributed by atoms with E-state index < -0.39 is 17.5 Å². The molecule has 3 heterocycles. The molecular weight excluding hydrogens is 346 g/mol. The Hall–Kier alpha value is -3.07. The lowest BCUT2D eigenvalue weighted by molar-refractivity contribution is -0.137. The van der Waals surface area contributed by atoms with E-state index in [9.17, 15) is 19.5 Å². The Morgan fingerprint density at radius 1 is 1.28 bits per heavy atom. The number of nitrogens with zero attached hydrogens (tertiary/aromatic N) is 3. The first-order valence-electron chi connectivity index (χ1n) is 7.30. The molecule has 0 aliphatic carbocycles. The standard InChI is InChI=1S/C16H13N3O5S/c1-8-11-14(25-12(8)16(23)24)18-13(9-4-2-3-6-17-9)19(15(11)22)7-5-10(20)21/h2-4,6H,5,7H2,1H3,(H,20,21)(H,23,24). The van der Waals surface area contributed by atoms with E-state index in [1.807, 2.05) is 0 Å². The monoisotopic (exact) mass is 359 g/mol. The molecule has 0 fully saturated rings. The van der Waals surface area contributed by atoms with Crippen LogP contribution in [-0.4, -0.2) is 36.7 Å². The van der Waals surface area contributed by atoms with Crippen LogP contribution in [0, 0.1) is 6.92 Å². The summed E-state index contributed by atoms with van der Waals surface area (Å²) in [5, 5.41) is 18.4. The molecule has 3 aromatic heterocycles. The van der Waals surface area contributed by atoms with Crippen molar-refractivity contribution in [3.8, 4) is 11.5 Å². The first-order chi connectivity index (χ1) is 11.9. The Morgan fingerprint density at radius 3 is 2.64 bits per heavy atom. The van der Waals surface area contributed by atoms with Crippen molar-refractivity contribution in [3.63, 3.8) is 0 Å². The summed E-state index contributed by atoms with van der Waals surface area (Å²) < 4.78 is 1.24. The maximum absolute atomic E-state index is 12.9. The Labute approximate surface area is 145 Å². The van der Waals surface area contributed by atoms with Gasteiger partial charge in [-0.05, 0) is 24.6 Å². The van der Waals surface area contributed by atoms with E-state index >= 15 is 0 Å². The zero-order valence-corrected chi connectivity index (χ0v) is 13.9. The summed E-state index contributed by atoms with van der Waals surface area (Å²) in [6.45, 7) is 1.47. The van der Waals surface area contributed by atoms with Crippen molar-refractivity contribution >= 4 is 33.5 Å². The summed E-state index contributed by atoms with van der Waals surface area (Å²) >= 11 is 0.920. The van der Waals surface area contributed by atoms with Crippen molar-refractivity contribution in [1.82, 2.24) is 14.5 Å². The van der Waals surface area contributed by atoms with Gasteiger partial charge in [0, 0.05) is 12.7 Å². The van der Waals surface area contributed by atoms with Crippen molar-refractivity contribution < 1.29 is 19.8 Å². The smallest absolute Gasteiger partial charge is 0.346 e. The van der Waals surface area contributed by atoms with Crippen LogP contribution in [0.2, 0.25) is 0 Å². The normalized spacial score (nSPS) is 10.9. The zero-order valence-electron chi connectivity index (χ0n) is 13.1. The average molecular weight is 359 g/mol. The van der Waals surface area contributed by atoms with Crippen LogP contribution in [-0.2, 0) is 11.3 Å². The third kappa shape index (κ3) is 3.01. The van der Waals surface area contributed by atoms with Gasteiger partial charge in [0.25, 0.3) is 5.56 Å². The number of aryl methyl sites for hydroxylation is 1. The van der Waals surface area contributed by atoms with E-state index in [1.54, 1.807) is 25.1 Å². The van der Waals surface area contributed by atoms with E-state index in [2.05, 4.69) is 9.97 Å². The molecule has 0 aliphatic rings. The topological polar surface area (TPSA) is 122 Å². The second kappa shape index (κ2) is 6.44. The molecule has 2 N–H and O–H groups in total. The predicted octanol–water partition coefficient (Wildman–Crippen LogP) is 2.00. The molecule has 3 aromatic rings. The number of carboxylic acid groups (broad SMARTS) is 2. The number of rotatable bonds is 5. The molecule has 0 amide bonds. The summed E-state index contributed by atoms with van der Waals surface area (Å²) in [7, 11) is 0. The van der Waals surface area contributed by atoms with Gasteiger partial charge in [0.1, 0.15) is 15.4 Å². The van der Waals surface area contributed by atoms with Crippen molar-refractivity contribution in [2.24, 2.45) is 0 Å². The first kappa shape index (κ1) is 16.8. The fraction of sp³-hybridized carbons (Fsp3) is 0.188. The van der Waals surface area contributed by atoms with Crippen molar-refractivity contribution in [1.29, 1.82) is 0 Å². The largest absolute Gasteiger partial charge is 0.481 e. The summed E-state index contributed by atoms with van der Waals surface area (Å²) in [5.74, 6) is -1.96. The van der Waals surface area contributed by atoms with Crippen LogP contribution in [0.3, 0.4) is 0 Å². The van der Waals surface area contributed by atoms with Gasteiger partial charge in [-0.15, -0.1) is 11.3 Å². The van der Waals surface area contributed by atoms with E-state index in [0.29, 0.717) is 16.1 Å².